The number of carbonyl (C=O) groups is 4. The molecule has 0 spiro atoms. The summed E-state index contributed by atoms with van der Waals surface area (Å²) < 4.78 is 10.1. The number of benzene rings is 1. The largest absolute Gasteiger partial charge is 0.468 e. The third kappa shape index (κ3) is 8.53. The van der Waals surface area contributed by atoms with E-state index in [1.165, 1.54) is 12.0 Å². The molecule has 0 aliphatic heterocycles. The van der Waals surface area contributed by atoms with Crippen LogP contribution in [0.25, 0.3) is 0 Å². The van der Waals surface area contributed by atoms with Gasteiger partial charge in [0.15, 0.2) is 0 Å². The number of amides is 3. The van der Waals surface area contributed by atoms with Crippen molar-refractivity contribution in [3.8, 4) is 0 Å². The number of ether oxygens (including phenoxy) is 2. The molecular formula is C27H43N3O6. The van der Waals surface area contributed by atoms with Gasteiger partial charge in [0.1, 0.15) is 24.2 Å². The predicted molar refractivity (Wildman–Crippen MR) is 138 cm³/mol. The van der Waals surface area contributed by atoms with Crippen molar-refractivity contribution in [3.63, 3.8) is 0 Å². The van der Waals surface area contributed by atoms with Crippen LogP contribution in [-0.2, 0) is 23.9 Å². The zero-order valence-corrected chi connectivity index (χ0v) is 23.4. The molecule has 0 aromatic heterocycles. The van der Waals surface area contributed by atoms with Crippen molar-refractivity contribution in [1.82, 2.24) is 15.5 Å². The standard InChI is InChI=1S/C27H43N3O6/c1-11-18(5)30(25(33)22(16(2)3)29-26(34)36-27(7,8)9)23(24(32)28-15-21(31)35-10)20-14-12-13-17(4)19(20)6/h12-14,16,18,22-23H,11,15H2,1-10H3,(H,28,32)(H,29,34). The maximum Gasteiger partial charge on any atom is 0.408 e. The lowest BCUT2D eigenvalue weighted by molar-refractivity contribution is -0.147. The van der Waals surface area contributed by atoms with Crippen molar-refractivity contribution in [2.24, 2.45) is 5.92 Å². The molecule has 1 aromatic rings. The molecule has 0 saturated heterocycles. The molecule has 0 heterocycles. The van der Waals surface area contributed by atoms with Gasteiger partial charge in [0.2, 0.25) is 11.8 Å². The summed E-state index contributed by atoms with van der Waals surface area (Å²) in [5.41, 5.74) is 1.73. The molecule has 3 unspecified atom stereocenters. The van der Waals surface area contributed by atoms with Crippen LogP contribution in [0.15, 0.2) is 18.2 Å². The highest BCUT2D eigenvalue weighted by atomic mass is 16.6. The van der Waals surface area contributed by atoms with E-state index in [0.29, 0.717) is 12.0 Å². The van der Waals surface area contributed by atoms with Crippen molar-refractivity contribution in [2.75, 3.05) is 13.7 Å². The van der Waals surface area contributed by atoms with Gasteiger partial charge in [-0.3, -0.25) is 14.4 Å². The van der Waals surface area contributed by atoms with Crippen LogP contribution in [0, 0.1) is 19.8 Å². The fraction of sp³-hybridized carbons (Fsp3) is 0.630. The van der Waals surface area contributed by atoms with Crippen molar-refractivity contribution in [2.45, 2.75) is 92.5 Å². The molecule has 202 valence electrons. The van der Waals surface area contributed by atoms with E-state index in [0.717, 1.165) is 11.1 Å². The highest BCUT2D eigenvalue weighted by molar-refractivity contribution is 5.93. The second-order valence-corrected chi connectivity index (χ2v) is 10.4. The van der Waals surface area contributed by atoms with Crippen LogP contribution >= 0.6 is 0 Å². The van der Waals surface area contributed by atoms with E-state index in [2.05, 4.69) is 15.4 Å². The number of esters is 1. The van der Waals surface area contributed by atoms with Gasteiger partial charge in [0.05, 0.1) is 7.11 Å². The maximum absolute atomic E-state index is 14.1. The Bertz CT molecular complexity index is 938. The Labute approximate surface area is 215 Å². The van der Waals surface area contributed by atoms with Gasteiger partial charge in [-0.2, -0.15) is 0 Å². The smallest absolute Gasteiger partial charge is 0.408 e. The first kappa shape index (κ1) is 30.9. The van der Waals surface area contributed by atoms with E-state index in [9.17, 15) is 19.2 Å². The van der Waals surface area contributed by atoms with Crippen molar-refractivity contribution in [1.29, 1.82) is 0 Å². The first-order chi connectivity index (χ1) is 16.6. The molecule has 9 heteroatoms. The van der Waals surface area contributed by atoms with Crippen LogP contribution in [0.5, 0.6) is 0 Å². The molecule has 9 nitrogen and oxygen atoms in total. The monoisotopic (exact) mass is 505 g/mol. The Hall–Kier alpha value is -3.10. The number of alkyl carbamates (subject to hydrolysis) is 1. The lowest BCUT2D eigenvalue weighted by Crippen LogP contribution is -2.57. The van der Waals surface area contributed by atoms with E-state index in [1.807, 2.05) is 53.7 Å². The van der Waals surface area contributed by atoms with E-state index in [-0.39, 0.29) is 18.5 Å². The first-order valence-corrected chi connectivity index (χ1v) is 12.4. The number of hydrogen-bond acceptors (Lipinski definition) is 6. The van der Waals surface area contributed by atoms with Gasteiger partial charge >= 0.3 is 12.1 Å². The van der Waals surface area contributed by atoms with Crippen LogP contribution in [0.1, 0.15) is 77.6 Å². The van der Waals surface area contributed by atoms with E-state index >= 15 is 0 Å². The van der Waals surface area contributed by atoms with E-state index < -0.39 is 41.6 Å². The summed E-state index contributed by atoms with van der Waals surface area (Å²) in [4.78, 5) is 53.5. The summed E-state index contributed by atoms with van der Waals surface area (Å²) in [6.07, 6.45) is -0.147. The van der Waals surface area contributed by atoms with Gasteiger partial charge < -0.3 is 25.0 Å². The molecule has 0 aliphatic carbocycles. The lowest BCUT2D eigenvalue weighted by Gasteiger charge is -2.39. The Morgan fingerprint density at radius 1 is 1.06 bits per heavy atom. The molecule has 0 bridgehead atoms. The van der Waals surface area contributed by atoms with Gasteiger partial charge in [0.25, 0.3) is 0 Å². The average Bonchev–Trinajstić information content (AvgIpc) is 2.79. The first-order valence-electron chi connectivity index (χ1n) is 12.4. The number of hydrogen-bond donors (Lipinski definition) is 2. The second kappa shape index (κ2) is 13.3. The summed E-state index contributed by atoms with van der Waals surface area (Å²) in [7, 11) is 1.24. The zero-order chi connectivity index (χ0) is 27.8. The summed E-state index contributed by atoms with van der Waals surface area (Å²) in [5.74, 6) is -1.81. The summed E-state index contributed by atoms with van der Waals surface area (Å²) >= 11 is 0. The van der Waals surface area contributed by atoms with Gasteiger partial charge in [0, 0.05) is 6.04 Å². The minimum absolute atomic E-state index is 0.283. The van der Waals surface area contributed by atoms with Gasteiger partial charge in [-0.25, -0.2) is 4.79 Å². The molecule has 1 rings (SSSR count). The van der Waals surface area contributed by atoms with Crippen molar-refractivity contribution < 1.29 is 28.7 Å². The summed E-state index contributed by atoms with van der Waals surface area (Å²) in [5, 5.41) is 5.32. The highest BCUT2D eigenvalue weighted by Crippen LogP contribution is 2.30. The fourth-order valence-electron chi connectivity index (χ4n) is 3.72. The molecule has 0 saturated carbocycles. The number of nitrogens with zero attached hydrogens (tertiary/aromatic N) is 1. The van der Waals surface area contributed by atoms with Gasteiger partial charge in [-0.05, 0) is 70.6 Å². The van der Waals surface area contributed by atoms with Gasteiger partial charge in [-0.15, -0.1) is 0 Å². The number of carbonyl (C=O) groups excluding carboxylic acids is 4. The number of methoxy groups -OCH3 is 1. The topological polar surface area (TPSA) is 114 Å². The van der Waals surface area contributed by atoms with Gasteiger partial charge in [-0.1, -0.05) is 39.0 Å². The predicted octanol–water partition coefficient (Wildman–Crippen LogP) is 3.81. The normalized spacial score (nSPS) is 13.9. The van der Waals surface area contributed by atoms with Crippen LogP contribution in [0.2, 0.25) is 0 Å². The molecule has 1 aromatic carbocycles. The SMILES string of the molecule is CCC(C)N(C(=O)C(NC(=O)OC(C)(C)C)C(C)C)C(C(=O)NCC(=O)OC)c1cccc(C)c1C. The van der Waals surface area contributed by atoms with Crippen molar-refractivity contribution >= 4 is 23.9 Å². The molecule has 36 heavy (non-hydrogen) atoms. The molecule has 3 amide bonds. The summed E-state index contributed by atoms with van der Waals surface area (Å²) in [6, 6.07) is 3.25. The molecule has 0 aliphatic rings. The minimum Gasteiger partial charge on any atom is -0.468 e. The van der Waals surface area contributed by atoms with Crippen LogP contribution in [0.3, 0.4) is 0 Å². The van der Waals surface area contributed by atoms with Crippen LogP contribution < -0.4 is 10.6 Å². The molecule has 0 radical (unpaired) electrons. The summed E-state index contributed by atoms with van der Waals surface area (Å²) in [6.45, 7) is 16.1. The van der Waals surface area contributed by atoms with Crippen LogP contribution in [-0.4, -0.2) is 60.1 Å². The quantitative estimate of drug-likeness (QED) is 0.468. The Balaban J connectivity index is 3.59. The third-order valence-electron chi connectivity index (χ3n) is 6.03. The molecule has 2 N–H and O–H groups in total. The Morgan fingerprint density at radius 2 is 1.67 bits per heavy atom. The average molecular weight is 506 g/mol. The van der Waals surface area contributed by atoms with E-state index in [1.54, 1.807) is 26.8 Å². The Morgan fingerprint density at radius 3 is 2.17 bits per heavy atom. The van der Waals surface area contributed by atoms with Crippen LogP contribution in [0.4, 0.5) is 4.79 Å². The number of nitrogens with one attached hydrogen (secondary N) is 2. The zero-order valence-electron chi connectivity index (χ0n) is 23.4. The fourth-order valence-corrected chi connectivity index (χ4v) is 3.72. The Kier molecular flexibility index (Phi) is 11.4. The molecule has 3 atom stereocenters. The molecular weight excluding hydrogens is 462 g/mol. The second-order valence-electron chi connectivity index (χ2n) is 10.4. The minimum atomic E-state index is -1.03. The van der Waals surface area contributed by atoms with E-state index in [4.69, 9.17) is 4.74 Å². The molecule has 0 fully saturated rings. The maximum atomic E-state index is 14.1. The third-order valence-corrected chi connectivity index (χ3v) is 6.03. The number of aryl methyl sites for hydroxylation is 1. The lowest BCUT2D eigenvalue weighted by atomic mass is 9.92. The van der Waals surface area contributed by atoms with Crippen molar-refractivity contribution in [3.05, 3.63) is 34.9 Å². The highest BCUT2D eigenvalue weighted by Gasteiger charge is 2.40. The number of rotatable bonds is 10.